The predicted molar refractivity (Wildman–Crippen MR) is 71.7 cm³/mol. The minimum atomic E-state index is 1.28. The minimum Gasteiger partial charge on any atom is -0.324 e. The number of quaternary nitrogens is 1. The lowest BCUT2D eigenvalue weighted by molar-refractivity contribution is -0.913. The Morgan fingerprint density at radius 3 is 2.12 bits per heavy atom. The molecule has 0 bridgehead atoms. The van der Waals surface area contributed by atoms with Crippen molar-refractivity contribution in [1.29, 1.82) is 0 Å². The van der Waals surface area contributed by atoms with Gasteiger partial charge in [-0.1, -0.05) is 32.6 Å². The number of piperazine rings is 1. The summed E-state index contributed by atoms with van der Waals surface area (Å²) in [5.41, 5.74) is 0. The second-order valence-electron chi connectivity index (χ2n) is 5.86. The summed E-state index contributed by atoms with van der Waals surface area (Å²) in [5, 5.41) is 0. The SMILES string of the molecule is CCCCCCCC[N+]1(C)CCN(C)CC1. The summed E-state index contributed by atoms with van der Waals surface area (Å²) in [6, 6.07) is 0. The van der Waals surface area contributed by atoms with Crippen molar-refractivity contribution < 1.29 is 4.48 Å². The molecule has 0 saturated carbocycles. The molecule has 1 aliphatic heterocycles. The lowest BCUT2D eigenvalue weighted by Gasteiger charge is -2.41. The van der Waals surface area contributed by atoms with Gasteiger partial charge in [-0.2, -0.15) is 0 Å². The molecular weight excluding hydrogens is 196 g/mol. The van der Waals surface area contributed by atoms with E-state index in [9.17, 15) is 0 Å². The van der Waals surface area contributed by atoms with Crippen LogP contribution in [0.1, 0.15) is 45.4 Å². The fourth-order valence-corrected chi connectivity index (χ4v) is 2.55. The van der Waals surface area contributed by atoms with Crippen LogP contribution in [0.5, 0.6) is 0 Å². The van der Waals surface area contributed by atoms with E-state index in [1.807, 2.05) is 0 Å². The summed E-state index contributed by atoms with van der Waals surface area (Å²) in [6.45, 7) is 8.96. The summed E-state index contributed by atoms with van der Waals surface area (Å²) < 4.78 is 1.32. The van der Waals surface area contributed by atoms with Crippen LogP contribution in [-0.2, 0) is 0 Å². The van der Waals surface area contributed by atoms with E-state index in [0.29, 0.717) is 0 Å². The molecule has 0 aromatic rings. The molecule has 2 nitrogen and oxygen atoms in total. The second-order valence-corrected chi connectivity index (χ2v) is 5.86. The Morgan fingerprint density at radius 1 is 0.938 bits per heavy atom. The number of hydrogen-bond acceptors (Lipinski definition) is 1. The Hall–Kier alpha value is -0.0800. The molecule has 0 aromatic heterocycles. The highest BCUT2D eigenvalue weighted by Gasteiger charge is 2.25. The number of unbranched alkanes of at least 4 members (excludes halogenated alkanes) is 5. The van der Waals surface area contributed by atoms with Crippen LogP contribution in [-0.4, -0.2) is 56.2 Å². The molecule has 1 heterocycles. The van der Waals surface area contributed by atoms with E-state index < -0.39 is 0 Å². The molecule has 0 N–H and O–H groups in total. The zero-order valence-electron chi connectivity index (χ0n) is 11.7. The van der Waals surface area contributed by atoms with Crippen molar-refractivity contribution in [3.63, 3.8) is 0 Å². The lowest BCUT2D eigenvalue weighted by atomic mass is 10.1. The third-order valence-electron chi connectivity index (χ3n) is 4.09. The molecule has 1 rings (SSSR count). The Bertz CT molecular complexity index is 172. The number of likely N-dealkylation sites (N-methyl/N-ethyl adjacent to an activating group) is 2. The van der Waals surface area contributed by atoms with Crippen LogP contribution in [0, 0.1) is 0 Å². The van der Waals surface area contributed by atoms with Gasteiger partial charge in [0.25, 0.3) is 0 Å². The molecule has 1 aliphatic rings. The lowest BCUT2D eigenvalue weighted by Crippen LogP contribution is -2.56. The average molecular weight is 227 g/mol. The molecule has 0 aliphatic carbocycles. The second kappa shape index (κ2) is 7.29. The van der Waals surface area contributed by atoms with E-state index >= 15 is 0 Å². The van der Waals surface area contributed by atoms with Crippen LogP contribution in [0.15, 0.2) is 0 Å². The molecule has 0 radical (unpaired) electrons. The molecule has 0 amide bonds. The van der Waals surface area contributed by atoms with Crippen LogP contribution in [0.2, 0.25) is 0 Å². The highest BCUT2D eigenvalue weighted by Crippen LogP contribution is 2.12. The Labute approximate surface area is 102 Å². The topological polar surface area (TPSA) is 3.24 Å². The van der Waals surface area contributed by atoms with Gasteiger partial charge in [-0.25, -0.2) is 0 Å². The van der Waals surface area contributed by atoms with E-state index in [-0.39, 0.29) is 0 Å². The smallest absolute Gasteiger partial charge is 0.0914 e. The molecule has 16 heavy (non-hydrogen) atoms. The van der Waals surface area contributed by atoms with Gasteiger partial charge in [-0.05, 0) is 19.9 Å². The molecule has 1 saturated heterocycles. The molecule has 0 unspecified atom stereocenters. The first kappa shape index (κ1) is 14.0. The summed E-state index contributed by atoms with van der Waals surface area (Å²) >= 11 is 0. The van der Waals surface area contributed by atoms with E-state index in [0.717, 1.165) is 0 Å². The molecule has 0 spiro atoms. The van der Waals surface area contributed by atoms with Gasteiger partial charge in [0.15, 0.2) is 0 Å². The summed E-state index contributed by atoms with van der Waals surface area (Å²) in [5.74, 6) is 0. The third kappa shape index (κ3) is 5.31. The van der Waals surface area contributed by atoms with Gasteiger partial charge >= 0.3 is 0 Å². The maximum Gasteiger partial charge on any atom is 0.0914 e. The molecular formula is C14H31N2+. The van der Waals surface area contributed by atoms with Crippen molar-refractivity contribution in [3.8, 4) is 0 Å². The first-order chi connectivity index (χ1) is 7.66. The van der Waals surface area contributed by atoms with Gasteiger partial charge in [-0.15, -0.1) is 0 Å². The van der Waals surface area contributed by atoms with Crippen molar-refractivity contribution in [3.05, 3.63) is 0 Å². The van der Waals surface area contributed by atoms with Crippen molar-refractivity contribution in [2.45, 2.75) is 45.4 Å². The molecule has 0 atom stereocenters. The fourth-order valence-electron chi connectivity index (χ4n) is 2.55. The largest absolute Gasteiger partial charge is 0.324 e. The Morgan fingerprint density at radius 2 is 1.50 bits per heavy atom. The van der Waals surface area contributed by atoms with Crippen molar-refractivity contribution in [2.75, 3.05) is 46.8 Å². The maximum atomic E-state index is 2.46. The minimum absolute atomic E-state index is 1.28. The van der Waals surface area contributed by atoms with Crippen LogP contribution < -0.4 is 0 Å². The highest BCUT2D eigenvalue weighted by atomic mass is 15.4. The van der Waals surface area contributed by atoms with Gasteiger partial charge in [0.05, 0.1) is 26.7 Å². The number of hydrogen-bond donors (Lipinski definition) is 0. The molecule has 1 fully saturated rings. The Balaban J connectivity index is 2.03. The summed E-state index contributed by atoms with van der Waals surface area (Å²) in [4.78, 5) is 2.46. The van der Waals surface area contributed by atoms with Gasteiger partial charge in [0.1, 0.15) is 0 Å². The Kier molecular flexibility index (Phi) is 6.37. The van der Waals surface area contributed by atoms with Gasteiger partial charge < -0.3 is 4.48 Å². The maximum absolute atomic E-state index is 2.46. The number of nitrogens with zero attached hydrogens (tertiary/aromatic N) is 2. The fraction of sp³-hybridized carbons (Fsp3) is 1.00. The molecule has 0 aromatic carbocycles. The van der Waals surface area contributed by atoms with Crippen LogP contribution in [0.4, 0.5) is 0 Å². The van der Waals surface area contributed by atoms with Gasteiger partial charge in [-0.3, -0.25) is 4.90 Å². The zero-order valence-corrected chi connectivity index (χ0v) is 11.7. The van der Waals surface area contributed by atoms with E-state index in [1.54, 1.807) is 0 Å². The average Bonchev–Trinajstić information content (AvgIpc) is 2.28. The monoisotopic (exact) mass is 227 g/mol. The van der Waals surface area contributed by atoms with E-state index in [4.69, 9.17) is 0 Å². The highest BCUT2D eigenvalue weighted by molar-refractivity contribution is 4.58. The van der Waals surface area contributed by atoms with E-state index in [1.165, 1.54) is 75.7 Å². The predicted octanol–water partition coefficient (Wildman–Crippen LogP) is 2.74. The van der Waals surface area contributed by atoms with Gasteiger partial charge in [0, 0.05) is 13.1 Å². The zero-order chi connectivity index (χ0) is 11.9. The van der Waals surface area contributed by atoms with Gasteiger partial charge in [0.2, 0.25) is 0 Å². The standard InChI is InChI=1S/C14H31N2/c1-4-5-6-7-8-9-12-16(3)13-10-15(2)11-14-16/h4-14H2,1-3H3/q+1. The third-order valence-corrected chi connectivity index (χ3v) is 4.09. The van der Waals surface area contributed by atoms with Crippen LogP contribution in [0.3, 0.4) is 0 Å². The first-order valence-electron chi connectivity index (χ1n) is 7.18. The van der Waals surface area contributed by atoms with Crippen molar-refractivity contribution >= 4 is 0 Å². The van der Waals surface area contributed by atoms with Crippen LogP contribution >= 0.6 is 0 Å². The van der Waals surface area contributed by atoms with Crippen LogP contribution in [0.25, 0.3) is 0 Å². The van der Waals surface area contributed by atoms with E-state index in [2.05, 4.69) is 25.9 Å². The van der Waals surface area contributed by atoms with Crippen molar-refractivity contribution in [1.82, 2.24) is 4.90 Å². The molecule has 2 heteroatoms. The number of rotatable bonds is 7. The first-order valence-corrected chi connectivity index (χ1v) is 7.18. The quantitative estimate of drug-likeness (QED) is 0.477. The summed E-state index contributed by atoms with van der Waals surface area (Å²) in [6.07, 6.45) is 8.57. The molecule has 96 valence electrons. The normalized spacial score (nSPS) is 21.2. The van der Waals surface area contributed by atoms with Crippen molar-refractivity contribution in [2.24, 2.45) is 0 Å². The summed E-state index contributed by atoms with van der Waals surface area (Å²) in [7, 11) is 4.69.